The van der Waals surface area contributed by atoms with E-state index in [1.165, 1.54) is 11.8 Å². The van der Waals surface area contributed by atoms with Crippen molar-refractivity contribution in [2.24, 2.45) is 4.99 Å². The Morgan fingerprint density at radius 2 is 2.16 bits per heavy atom. The predicted octanol–water partition coefficient (Wildman–Crippen LogP) is 3.18. The Balaban J connectivity index is 1.89. The third-order valence-electron chi connectivity index (χ3n) is 4.07. The maximum Gasteiger partial charge on any atom is 0.175 e. The van der Waals surface area contributed by atoms with Crippen LogP contribution in [0.2, 0.25) is 0 Å². The van der Waals surface area contributed by atoms with Crippen LogP contribution in [0.5, 0.6) is 0 Å². The average Bonchev–Trinajstić information content (AvgIpc) is 2.92. The number of aliphatic hydroxyl groups is 1. The minimum absolute atomic E-state index is 0.0201. The number of benzene rings is 1. The highest BCUT2D eigenvalue weighted by Gasteiger charge is 2.44. The number of amidine groups is 1. The van der Waals surface area contributed by atoms with Crippen LogP contribution in [-0.2, 0) is 5.72 Å². The van der Waals surface area contributed by atoms with Gasteiger partial charge in [-0.1, -0.05) is 79.1 Å². The fourth-order valence-corrected chi connectivity index (χ4v) is 4.19. The van der Waals surface area contributed by atoms with E-state index < -0.39 is 5.72 Å². The molecule has 0 amide bonds. The number of aliphatic imine (C=N–C) groups is 1. The Hall–Kier alpha value is -1.89. The fourth-order valence-electron chi connectivity index (χ4n) is 2.78. The Bertz CT molecular complexity index is 757. The van der Waals surface area contributed by atoms with Gasteiger partial charge < -0.3 is 15.3 Å². The molecular formula is C19H21N3OS2. The molecule has 4 nitrogen and oxygen atoms in total. The average molecular weight is 372 g/mol. The summed E-state index contributed by atoms with van der Waals surface area (Å²) in [5.74, 6) is 1.23. The SMILES string of the molecule is C=C1/C=C\C=C/C(C)N=C(CN2C(=S)SCC2(O)c2ccccc2)N1. The van der Waals surface area contributed by atoms with E-state index in [2.05, 4.69) is 11.9 Å². The van der Waals surface area contributed by atoms with Crippen molar-refractivity contribution in [2.75, 3.05) is 12.3 Å². The summed E-state index contributed by atoms with van der Waals surface area (Å²) in [7, 11) is 0. The van der Waals surface area contributed by atoms with Crippen molar-refractivity contribution in [3.8, 4) is 0 Å². The molecular weight excluding hydrogens is 350 g/mol. The van der Waals surface area contributed by atoms with Gasteiger partial charge in [-0.05, 0) is 13.0 Å². The molecule has 3 rings (SSSR count). The van der Waals surface area contributed by atoms with Crippen LogP contribution in [0, 0.1) is 0 Å². The number of rotatable bonds is 3. The van der Waals surface area contributed by atoms with Crippen LogP contribution in [0.4, 0.5) is 0 Å². The molecule has 2 unspecified atom stereocenters. The zero-order valence-corrected chi connectivity index (χ0v) is 15.7. The highest BCUT2D eigenvalue weighted by molar-refractivity contribution is 8.23. The smallest absolute Gasteiger partial charge is 0.175 e. The lowest BCUT2D eigenvalue weighted by Gasteiger charge is -2.35. The molecule has 0 aliphatic carbocycles. The van der Waals surface area contributed by atoms with E-state index >= 15 is 0 Å². The van der Waals surface area contributed by atoms with Crippen molar-refractivity contribution in [3.63, 3.8) is 0 Å². The molecule has 1 fully saturated rings. The van der Waals surface area contributed by atoms with E-state index in [1.807, 2.05) is 66.5 Å². The van der Waals surface area contributed by atoms with Crippen LogP contribution in [0.1, 0.15) is 12.5 Å². The van der Waals surface area contributed by atoms with Crippen LogP contribution in [0.25, 0.3) is 0 Å². The maximum absolute atomic E-state index is 11.3. The molecule has 1 aromatic rings. The quantitative estimate of drug-likeness (QED) is 0.799. The first-order valence-corrected chi connectivity index (χ1v) is 9.48. The number of hydrogen-bond donors (Lipinski definition) is 2. The maximum atomic E-state index is 11.3. The van der Waals surface area contributed by atoms with Crippen molar-refractivity contribution in [2.45, 2.75) is 18.7 Å². The van der Waals surface area contributed by atoms with Gasteiger partial charge >= 0.3 is 0 Å². The summed E-state index contributed by atoms with van der Waals surface area (Å²) in [4.78, 5) is 6.53. The van der Waals surface area contributed by atoms with Crippen molar-refractivity contribution in [3.05, 3.63) is 72.5 Å². The molecule has 2 atom stereocenters. The second kappa shape index (κ2) is 7.56. The fraction of sp³-hybridized carbons (Fsp3) is 0.263. The normalized spacial score (nSPS) is 29.3. The Morgan fingerprint density at radius 1 is 1.40 bits per heavy atom. The topological polar surface area (TPSA) is 47.9 Å². The molecule has 1 saturated heterocycles. The van der Waals surface area contributed by atoms with Gasteiger partial charge in [0.2, 0.25) is 0 Å². The van der Waals surface area contributed by atoms with Crippen LogP contribution in [0.15, 0.2) is 71.9 Å². The summed E-state index contributed by atoms with van der Waals surface area (Å²) in [5.41, 5.74) is 0.443. The Kier molecular flexibility index (Phi) is 5.42. The van der Waals surface area contributed by atoms with Gasteiger partial charge in [-0.25, -0.2) is 0 Å². The molecule has 0 spiro atoms. The third kappa shape index (κ3) is 4.03. The van der Waals surface area contributed by atoms with Crippen molar-refractivity contribution in [1.82, 2.24) is 10.2 Å². The molecule has 0 aromatic heterocycles. The number of allylic oxidation sites excluding steroid dienone is 3. The van der Waals surface area contributed by atoms with E-state index in [9.17, 15) is 5.11 Å². The summed E-state index contributed by atoms with van der Waals surface area (Å²) in [6.45, 7) is 6.39. The van der Waals surface area contributed by atoms with E-state index in [1.54, 1.807) is 0 Å². The van der Waals surface area contributed by atoms with Crippen molar-refractivity contribution >= 4 is 34.1 Å². The molecule has 2 N–H and O–H groups in total. The Labute approximate surface area is 158 Å². The minimum Gasteiger partial charge on any atom is -0.366 e. The summed E-state index contributed by atoms with van der Waals surface area (Å²) >= 11 is 6.98. The molecule has 1 aromatic carbocycles. The third-order valence-corrected chi connectivity index (χ3v) is 5.66. The van der Waals surface area contributed by atoms with Crippen molar-refractivity contribution in [1.29, 1.82) is 0 Å². The molecule has 0 bridgehead atoms. The molecule has 130 valence electrons. The number of thioether (sulfide) groups is 1. The molecule has 6 heteroatoms. The molecule has 2 aliphatic heterocycles. The summed E-state index contributed by atoms with van der Waals surface area (Å²) in [6, 6.07) is 9.65. The lowest BCUT2D eigenvalue weighted by Crippen LogP contribution is -2.49. The second-order valence-corrected chi connectivity index (χ2v) is 7.64. The van der Waals surface area contributed by atoms with E-state index in [-0.39, 0.29) is 6.04 Å². The summed E-state index contributed by atoms with van der Waals surface area (Å²) in [6.07, 6.45) is 7.79. The Morgan fingerprint density at radius 3 is 2.92 bits per heavy atom. The lowest BCUT2D eigenvalue weighted by atomic mass is 10.0. The van der Waals surface area contributed by atoms with Gasteiger partial charge in [0, 0.05) is 11.3 Å². The minimum atomic E-state index is -1.14. The standard InChI is InChI=1S/C19H21N3OS2/c1-14-8-6-7-9-15(2)21-17(20-14)12-22-18(24)25-13-19(22,23)16-10-4-3-5-11-16/h3-11,15,23H,1,12-13H2,2H3,(H,20,21)/b8-6-,9-7-. The molecule has 0 radical (unpaired) electrons. The number of hydrogen-bond acceptors (Lipinski definition) is 5. The molecule has 2 aliphatic rings. The van der Waals surface area contributed by atoms with Crippen LogP contribution in [0.3, 0.4) is 0 Å². The van der Waals surface area contributed by atoms with Gasteiger partial charge in [0.15, 0.2) is 5.72 Å². The molecule has 0 saturated carbocycles. The summed E-state index contributed by atoms with van der Waals surface area (Å²) < 4.78 is 0.667. The van der Waals surface area contributed by atoms with E-state index in [4.69, 9.17) is 17.2 Å². The zero-order valence-electron chi connectivity index (χ0n) is 14.1. The highest BCUT2D eigenvalue weighted by Crippen LogP contribution is 2.38. The van der Waals surface area contributed by atoms with E-state index in [0.29, 0.717) is 16.6 Å². The monoisotopic (exact) mass is 371 g/mol. The van der Waals surface area contributed by atoms with Gasteiger partial charge in [0.25, 0.3) is 0 Å². The van der Waals surface area contributed by atoms with Gasteiger partial charge in [-0.2, -0.15) is 0 Å². The number of nitrogens with one attached hydrogen (secondary N) is 1. The van der Waals surface area contributed by atoms with Crippen LogP contribution < -0.4 is 5.32 Å². The van der Waals surface area contributed by atoms with E-state index in [0.717, 1.165) is 17.1 Å². The number of thiocarbonyl (C=S) groups is 1. The van der Waals surface area contributed by atoms with Crippen LogP contribution >= 0.6 is 24.0 Å². The van der Waals surface area contributed by atoms with Gasteiger partial charge in [0.1, 0.15) is 10.2 Å². The van der Waals surface area contributed by atoms with Gasteiger partial charge in [0.05, 0.1) is 18.3 Å². The van der Waals surface area contributed by atoms with Gasteiger partial charge in [-0.15, -0.1) is 0 Å². The summed E-state index contributed by atoms with van der Waals surface area (Å²) in [5, 5.41) is 14.6. The lowest BCUT2D eigenvalue weighted by molar-refractivity contribution is -0.0394. The van der Waals surface area contributed by atoms with Crippen LogP contribution in [-0.4, -0.2) is 38.5 Å². The number of nitrogens with zero attached hydrogens (tertiary/aromatic N) is 2. The first-order valence-electron chi connectivity index (χ1n) is 8.09. The van der Waals surface area contributed by atoms with Gasteiger partial charge in [-0.3, -0.25) is 4.99 Å². The molecule has 25 heavy (non-hydrogen) atoms. The largest absolute Gasteiger partial charge is 0.366 e. The molecule has 2 heterocycles. The first kappa shape index (κ1) is 17.9. The second-order valence-electron chi connectivity index (χ2n) is 6.03. The first-order chi connectivity index (χ1) is 12.0. The predicted molar refractivity (Wildman–Crippen MR) is 110 cm³/mol. The highest BCUT2D eigenvalue weighted by atomic mass is 32.2. The van der Waals surface area contributed by atoms with Crippen molar-refractivity contribution < 1.29 is 5.11 Å². The zero-order chi connectivity index (χ0) is 17.9.